The van der Waals surface area contributed by atoms with E-state index >= 15 is 0 Å². The average molecular weight is 273 g/mol. The van der Waals surface area contributed by atoms with Crippen molar-refractivity contribution in [2.75, 3.05) is 20.1 Å². The van der Waals surface area contributed by atoms with Crippen LogP contribution in [0.1, 0.15) is 23.8 Å². The third-order valence-electron chi connectivity index (χ3n) is 3.24. The zero-order chi connectivity index (χ0) is 14.2. The lowest BCUT2D eigenvalue weighted by molar-refractivity contribution is 0.298. The Balaban J connectivity index is 1.76. The number of hydrogen-bond acceptors (Lipinski definition) is 4. The highest BCUT2D eigenvalue weighted by Gasteiger charge is 2.05. The van der Waals surface area contributed by atoms with Gasteiger partial charge in [0.2, 0.25) is 0 Å². The van der Waals surface area contributed by atoms with Crippen LogP contribution in [0.2, 0.25) is 0 Å². The first-order valence-electron chi connectivity index (χ1n) is 7.12. The second kappa shape index (κ2) is 7.82. The molecule has 0 amide bonds. The van der Waals surface area contributed by atoms with E-state index in [4.69, 9.17) is 4.42 Å². The molecule has 0 aliphatic carbocycles. The lowest BCUT2D eigenvalue weighted by Gasteiger charge is -2.14. The van der Waals surface area contributed by atoms with Crippen molar-refractivity contribution in [3.05, 3.63) is 53.7 Å². The summed E-state index contributed by atoms with van der Waals surface area (Å²) in [6.07, 6.45) is 6.56. The molecule has 4 nitrogen and oxygen atoms in total. The molecule has 0 bridgehead atoms. The van der Waals surface area contributed by atoms with E-state index in [0.29, 0.717) is 0 Å². The molecule has 1 N–H and O–H groups in total. The van der Waals surface area contributed by atoms with Gasteiger partial charge < -0.3 is 9.73 Å². The minimum atomic E-state index is 0.844. The van der Waals surface area contributed by atoms with Crippen molar-refractivity contribution in [3.63, 3.8) is 0 Å². The van der Waals surface area contributed by atoms with Gasteiger partial charge in [0.1, 0.15) is 5.76 Å². The summed E-state index contributed by atoms with van der Waals surface area (Å²) in [5, 5.41) is 3.30. The van der Waals surface area contributed by atoms with Gasteiger partial charge >= 0.3 is 0 Å². The Morgan fingerprint density at radius 2 is 2.05 bits per heavy atom. The van der Waals surface area contributed by atoms with E-state index in [0.717, 1.165) is 38.4 Å². The summed E-state index contributed by atoms with van der Waals surface area (Å²) >= 11 is 0. The lowest BCUT2D eigenvalue weighted by Crippen LogP contribution is -2.20. The molecule has 20 heavy (non-hydrogen) atoms. The zero-order valence-corrected chi connectivity index (χ0v) is 12.3. The molecule has 0 aliphatic heterocycles. The van der Waals surface area contributed by atoms with E-state index in [1.165, 1.54) is 11.1 Å². The fourth-order valence-corrected chi connectivity index (χ4v) is 2.09. The van der Waals surface area contributed by atoms with Crippen LogP contribution >= 0.6 is 0 Å². The summed E-state index contributed by atoms with van der Waals surface area (Å²) in [6.45, 7) is 5.81. The smallest absolute Gasteiger partial charge is 0.118 e. The molecule has 2 rings (SSSR count). The molecule has 108 valence electrons. The van der Waals surface area contributed by atoms with Crippen LogP contribution in [0.15, 0.2) is 41.3 Å². The Morgan fingerprint density at radius 3 is 2.80 bits per heavy atom. The molecule has 0 aromatic carbocycles. The Kier molecular flexibility index (Phi) is 5.77. The van der Waals surface area contributed by atoms with Gasteiger partial charge in [-0.05, 0) is 43.8 Å². The van der Waals surface area contributed by atoms with Gasteiger partial charge in [-0.1, -0.05) is 6.92 Å². The van der Waals surface area contributed by atoms with Crippen LogP contribution in [0.4, 0.5) is 0 Å². The molecule has 0 saturated heterocycles. The number of furan rings is 1. The molecule has 0 fully saturated rings. The van der Waals surface area contributed by atoms with E-state index in [9.17, 15) is 0 Å². The number of nitrogens with zero attached hydrogens (tertiary/aromatic N) is 2. The minimum absolute atomic E-state index is 0.844. The number of nitrogens with one attached hydrogen (secondary N) is 1. The number of likely N-dealkylation sites (N-methyl/N-ethyl adjacent to an activating group) is 1. The molecule has 0 aliphatic rings. The van der Waals surface area contributed by atoms with Gasteiger partial charge in [-0.15, -0.1) is 0 Å². The van der Waals surface area contributed by atoms with Crippen molar-refractivity contribution in [2.45, 2.75) is 26.4 Å². The molecule has 0 saturated carbocycles. The fourth-order valence-electron chi connectivity index (χ4n) is 2.09. The fraction of sp³-hybridized carbons (Fsp3) is 0.438. The molecule has 2 aromatic rings. The number of pyridine rings is 1. The number of rotatable bonds is 8. The van der Waals surface area contributed by atoms with Crippen molar-refractivity contribution in [3.8, 4) is 0 Å². The Hall–Kier alpha value is -1.65. The third-order valence-corrected chi connectivity index (χ3v) is 3.24. The van der Waals surface area contributed by atoms with Gasteiger partial charge in [-0.2, -0.15) is 0 Å². The van der Waals surface area contributed by atoms with Gasteiger partial charge in [0.05, 0.1) is 12.8 Å². The van der Waals surface area contributed by atoms with Crippen molar-refractivity contribution in [1.29, 1.82) is 0 Å². The highest BCUT2D eigenvalue weighted by Crippen LogP contribution is 2.10. The number of aromatic nitrogens is 1. The normalized spacial score (nSPS) is 11.2. The van der Waals surface area contributed by atoms with Crippen molar-refractivity contribution in [2.24, 2.45) is 0 Å². The van der Waals surface area contributed by atoms with Gasteiger partial charge in [0, 0.05) is 31.0 Å². The van der Waals surface area contributed by atoms with E-state index in [2.05, 4.69) is 47.4 Å². The summed E-state index contributed by atoms with van der Waals surface area (Å²) in [6, 6.07) is 6.26. The van der Waals surface area contributed by atoms with Crippen LogP contribution in [-0.2, 0) is 19.5 Å². The molecular formula is C16H23N3O. The van der Waals surface area contributed by atoms with Crippen LogP contribution in [0.3, 0.4) is 0 Å². The monoisotopic (exact) mass is 273 g/mol. The Morgan fingerprint density at radius 1 is 1.25 bits per heavy atom. The Labute approximate surface area is 120 Å². The van der Waals surface area contributed by atoms with Crippen LogP contribution in [0.25, 0.3) is 0 Å². The molecule has 0 unspecified atom stereocenters. The first kappa shape index (κ1) is 14.8. The largest absolute Gasteiger partial charge is 0.468 e. The molecule has 0 atom stereocenters. The van der Waals surface area contributed by atoms with Crippen LogP contribution < -0.4 is 5.32 Å². The van der Waals surface area contributed by atoms with E-state index in [1.807, 2.05) is 18.7 Å². The maximum atomic E-state index is 5.59. The Bertz CT molecular complexity index is 495. The van der Waals surface area contributed by atoms with E-state index in [-0.39, 0.29) is 0 Å². The lowest BCUT2D eigenvalue weighted by atomic mass is 10.2. The molecule has 4 heteroatoms. The highest BCUT2D eigenvalue weighted by atomic mass is 16.3. The molecule has 0 radical (unpaired) electrons. The second-order valence-electron chi connectivity index (χ2n) is 5.04. The highest BCUT2D eigenvalue weighted by molar-refractivity contribution is 5.13. The van der Waals surface area contributed by atoms with Crippen LogP contribution in [0, 0.1) is 0 Å². The summed E-state index contributed by atoms with van der Waals surface area (Å²) in [7, 11) is 2.12. The first-order valence-corrected chi connectivity index (χ1v) is 7.12. The van der Waals surface area contributed by atoms with Gasteiger partial charge in [-0.3, -0.25) is 9.88 Å². The predicted molar refractivity (Wildman–Crippen MR) is 80.4 cm³/mol. The summed E-state index contributed by atoms with van der Waals surface area (Å²) in [4.78, 5) is 6.31. The van der Waals surface area contributed by atoms with Crippen molar-refractivity contribution in [1.82, 2.24) is 15.2 Å². The average Bonchev–Trinajstić information content (AvgIpc) is 2.91. The van der Waals surface area contributed by atoms with Gasteiger partial charge in [0.15, 0.2) is 0 Å². The maximum absolute atomic E-state index is 5.59. The summed E-state index contributed by atoms with van der Waals surface area (Å²) in [5.74, 6) is 1.02. The van der Waals surface area contributed by atoms with Crippen molar-refractivity contribution >= 4 is 0 Å². The molecular weight excluding hydrogens is 250 g/mol. The predicted octanol–water partition coefficient (Wildman–Crippen LogP) is 2.46. The van der Waals surface area contributed by atoms with E-state index < -0.39 is 0 Å². The summed E-state index contributed by atoms with van der Waals surface area (Å²) in [5.41, 5.74) is 2.53. The van der Waals surface area contributed by atoms with Crippen LogP contribution in [-0.4, -0.2) is 30.0 Å². The standard InChI is InChI=1S/C16H23N3O/c1-3-17-11-15-10-16(20-13-15)12-19(2)9-6-14-4-7-18-8-5-14/h4-5,7-8,10,13,17H,3,6,9,11-12H2,1-2H3. The van der Waals surface area contributed by atoms with Crippen molar-refractivity contribution < 1.29 is 4.42 Å². The topological polar surface area (TPSA) is 41.3 Å². The minimum Gasteiger partial charge on any atom is -0.468 e. The first-order chi connectivity index (χ1) is 9.78. The van der Waals surface area contributed by atoms with Gasteiger partial charge in [0.25, 0.3) is 0 Å². The van der Waals surface area contributed by atoms with E-state index in [1.54, 1.807) is 0 Å². The third kappa shape index (κ3) is 4.79. The number of hydrogen-bond donors (Lipinski definition) is 1. The molecule has 0 spiro atoms. The SMILES string of the molecule is CCNCc1coc(CN(C)CCc2ccncc2)c1. The second-order valence-corrected chi connectivity index (χ2v) is 5.04. The van der Waals surface area contributed by atoms with Gasteiger partial charge in [-0.25, -0.2) is 0 Å². The quantitative estimate of drug-likeness (QED) is 0.802. The summed E-state index contributed by atoms with van der Waals surface area (Å²) < 4.78 is 5.59. The zero-order valence-electron chi connectivity index (χ0n) is 12.3. The maximum Gasteiger partial charge on any atom is 0.118 e. The molecule has 2 aromatic heterocycles. The van der Waals surface area contributed by atoms with Crippen LogP contribution in [0.5, 0.6) is 0 Å². The molecule has 2 heterocycles.